The Balaban J connectivity index is 1.84. The van der Waals surface area contributed by atoms with Gasteiger partial charge in [0.2, 0.25) is 10.0 Å². The second-order valence-corrected chi connectivity index (χ2v) is 13.9. The fraction of sp³-hybridized carbons (Fsp3) is 0.625. The molecule has 0 radical (unpaired) electrons. The molecular formula is C16H22N2O6S3. The van der Waals surface area contributed by atoms with Gasteiger partial charge >= 0.3 is 0 Å². The lowest BCUT2D eigenvalue weighted by Gasteiger charge is -2.43. The molecular weight excluding hydrogens is 412 g/mol. The van der Waals surface area contributed by atoms with Crippen molar-refractivity contribution in [3.05, 3.63) is 29.3 Å². The number of sulfone groups is 2. The molecule has 3 fully saturated rings. The standard InChI is InChI=1S/C16H22N2O6S3/c1-10-3-4-12(5-11(10)2)27(23,24)18-15-8-25(19,20)6-13(15)17-14-7-26(21,22)9-16(14)18/h3-5,13-17H,6-9H2,1-2H3/t13-,14-,15-,16+/m0/s1. The van der Waals surface area contributed by atoms with E-state index < -0.39 is 53.9 Å². The number of hydrogen-bond acceptors (Lipinski definition) is 7. The summed E-state index contributed by atoms with van der Waals surface area (Å²) >= 11 is 0. The average molecular weight is 435 g/mol. The van der Waals surface area contributed by atoms with Crippen LogP contribution in [0.4, 0.5) is 0 Å². The summed E-state index contributed by atoms with van der Waals surface area (Å²) in [5, 5.41) is 3.10. The van der Waals surface area contributed by atoms with Crippen molar-refractivity contribution >= 4 is 29.7 Å². The van der Waals surface area contributed by atoms with Gasteiger partial charge in [0.15, 0.2) is 19.7 Å². The van der Waals surface area contributed by atoms with E-state index in [1.165, 1.54) is 10.4 Å². The molecule has 1 aromatic carbocycles. The molecule has 11 heteroatoms. The second kappa shape index (κ2) is 5.99. The lowest BCUT2D eigenvalue weighted by Crippen LogP contribution is -2.67. The lowest BCUT2D eigenvalue weighted by molar-refractivity contribution is 0.160. The Morgan fingerprint density at radius 2 is 1.41 bits per heavy atom. The average Bonchev–Trinajstić information content (AvgIpc) is 2.98. The van der Waals surface area contributed by atoms with E-state index >= 15 is 0 Å². The van der Waals surface area contributed by atoms with Crippen molar-refractivity contribution in [2.24, 2.45) is 0 Å². The monoisotopic (exact) mass is 434 g/mol. The summed E-state index contributed by atoms with van der Waals surface area (Å²) in [6, 6.07) is 1.99. The van der Waals surface area contributed by atoms with E-state index in [2.05, 4.69) is 5.32 Å². The SMILES string of the molecule is Cc1ccc(S(=O)(=O)N2[C@@H]3CS(=O)(=O)C[C@@H]3N[C@H]3CS(=O)(=O)C[C@@H]32)cc1C. The summed E-state index contributed by atoms with van der Waals surface area (Å²) in [4.78, 5) is 0.0681. The number of sulfonamides is 1. The molecule has 0 spiro atoms. The number of benzene rings is 1. The third-order valence-electron chi connectivity index (χ3n) is 5.78. The van der Waals surface area contributed by atoms with E-state index in [0.717, 1.165) is 11.1 Å². The molecule has 4 atom stereocenters. The van der Waals surface area contributed by atoms with Crippen molar-refractivity contribution < 1.29 is 25.3 Å². The summed E-state index contributed by atoms with van der Waals surface area (Å²) in [5.74, 6) is -0.949. The van der Waals surface area contributed by atoms with Gasteiger partial charge in [0.05, 0.1) is 40.0 Å². The molecule has 0 saturated carbocycles. The number of hydrogen-bond donors (Lipinski definition) is 1. The summed E-state index contributed by atoms with van der Waals surface area (Å²) in [6.07, 6.45) is 0. The third kappa shape index (κ3) is 3.23. The van der Waals surface area contributed by atoms with Crippen LogP contribution in [-0.2, 0) is 29.7 Å². The van der Waals surface area contributed by atoms with E-state index in [-0.39, 0.29) is 27.9 Å². The highest BCUT2D eigenvalue weighted by atomic mass is 32.2. The fourth-order valence-corrected chi connectivity index (χ4v) is 10.3. The van der Waals surface area contributed by atoms with Gasteiger partial charge in [0, 0.05) is 12.1 Å². The Morgan fingerprint density at radius 3 is 1.89 bits per heavy atom. The molecule has 8 nitrogen and oxygen atoms in total. The van der Waals surface area contributed by atoms with Crippen LogP contribution in [0.25, 0.3) is 0 Å². The van der Waals surface area contributed by atoms with Crippen molar-refractivity contribution in [1.82, 2.24) is 9.62 Å². The highest BCUT2D eigenvalue weighted by molar-refractivity contribution is 7.92. The number of nitrogens with one attached hydrogen (secondary N) is 1. The molecule has 0 aromatic heterocycles. The maximum atomic E-state index is 13.5. The van der Waals surface area contributed by atoms with Crippen LogP contribution in [0.5, 0.6) is 0 Å². The van der Waals surface area contributed by atoms with Gasteiger partial charge in [-0.2, -0.15) is 4.31 Å². The van der Waals surface area contributed by atoms with Gasteiger partial charge in [0.1, 0.15) is 0 Å². The molecule has 150 valence electrons. The molecule has 4 rings (SSSR count). The minimum Gasteiger partial charge on any atom is -0.306 e. The Bertz CT molecular complexity index is 1060. The molecule has 3 aliphatic rings. The molecule has 0 aliphatic carbocycles. The van der Waals surface area contributed by atoms with Crippen LogP contribution in [0.2, 0.25) is 0 Å². The second-order valence-electron chi connectivity index (χ2n) is 7.75. The normalized spacial score (nSPS) is 34.9. The topological polar surface area (TPSA) is 118 Å². The van der Waals surface area contributed by atoms with Crippen molar-refractivity contribution in [2.75, 3.05) is 23.0 Å². The summed E-state index contributed by atoms with van der Waals surface area (Å²) in [7, 11) is -10.8. The molecule has 1 aromatic rings. The first kappa shape index (κ1) is 19.3. The maximum Gasteiger partial charge on any atom is 0.243 e. The number of rotatable bonds is 2. The predicted molar refractivity (Wildman–Crippen MR) is 101 cm³/mol. The van der Waals surface area contributed by atoms with E-state index in [4.69, 9.17) is 0 Å². The zero-order chi connectivity index (χ0) is 19.8. The quantitative estimate of drug-likeness (QED) is 0.649. The van der Waals surface area contributed by atoms with Crippen LogP contribution in [0.1, 0.15) is 11.1 Å². The molecule has 3 heterocycles. The first-order valence-electron chi connectivity index (χ1n) is 8.67. The third-order valence-corrected chi connectivity index (χ3v) is 11.2. The smallest absolute Gasteiger partial charge is 0.243 e. The molecule has 0 unspecified atom stereocenters. The first-order chi connectivity index (χ1) is 12.4. The zero-order valence-electron chi connectivity index (χ0n) is 15.0. The van der Waals surface area contributed by atoms with Crippen LogP contribution in [0.15, 0.2) is 23.1 Å². The lowest BCUT2D eigenvalue weighted by atomic mass is 10.0. The van der Waals surface area contributed by atoms with Crippen LogP contribution in [-0.4, -0.2) is 76.7 Å². The summed E-state index contributed by atoms with van der Waals surface area (Å²) in [6.45, 7) is 3.67. The number of fused-ring (bicyclic) bond motifs is 2. The van der Waals surface area contributed by atoms with Gasteiger partial charge in [-0.1, -0.05) is 6.07 Å². The van der Waals surface area contributed by atoms with Gasteiger partial charge in [-0.15, -0.1) is 0 Å². The zero-order valence-corrected chi connectivity index (χ0v) is 17.4. The molecule has 3 aliphatic heterocycles. The Hall–Kier alpha value is -1.01. The fourth-order valence-electron chi connectivity index (χ4n) is 4.35. The van der Waals surface area contributed by atoms with E-state index in [9.17, 15) is 25.3 Å². The molecule has 1 N–H and O–H groups in total. The van der Waals surface area contributed by atoms with Crippen LogP contribution < -0.4 is 5.32 Å². The highest BCUT2D eigenvalue weighted by Crippen LogP contribution is 2.36. The Kier molecular flexibility index (Phi) is 4.29. The van der Waals surface area contributed by atoms with Gasteiger partial charge in [-0.25, -0.2) is 25.3 Å². The van der Waals surface area contributed by atoms with Crippen molar-refractivity contribution in [3.8, 4) is 0 Å². The molecule has 3 saturated heterocycles. The minimum absolute atomic E-state index is 0.0681. The van der Waals surface area contributed by atoms with Crippen LogP contribution in [0.3, 0.4) is 0 Å². The number of nitrogens with zero attached hydrogens (tertiary/aromatic N) is 1. The van der Waals surface area contributed by atoms with E-state index in [0.29, 0.717) is 0 Å². The largest absolute Gasteiger partial charge is 0.306 e. The summed E-state index contributed by atoms with van der Waals surface area (Å²) < 4.78 is 76.8. The van der Waals surface area contributed by atoms with Crippen LogP contribution >= 0.6 is 0 Å². The maximum absolute atomic E-state index is 13.5. The van der Waals surface area contributed by atoms with Gasteiger partial charge in [-0.3, -0.25) is 0 Å². The van der Waals surface area contributed by atoms with Crippen molar-refractivity contribution in [1.29, 1.82) is 0 Å². The molecule has 0 bridgehead atoms. The number of aryl methyl sites for hydroxylation is 2. The minimum atomic E-state index is -4.05. The Morgan fingerprint density at radius 1 is 0.889 bits per heavy atom. The number of piperazine rings is 1. The summed E-state index contributed by atoms with van der Waals surface area (Å²) in [5.41, 5.74) is 1.74. The molecule has 27 heavy (non-hydrogen) atoms. The van der Waals surface area contributed by atoms with E-state index in [1.54, 1.807) is 19.1 Å². The van der Waals surface area contributed by atoms with Crippen molar-refractivity contribution in [3.63, 3.8) is 0 Å². The van der Waals surface area contributed by atoms with Crippen molar-refractivity contribution in [2.45, 2.75) is 42.9 Å². The first-order valence-corrected chi connectivity index (χ1v) is 13.8. The van der Waals surface area contributed by atoms with Gasteiger partial charge in [-0.05, 0) is 37.1 Å². The predicted octanol–water partition coefficient (Wildman–Crippen LogP) is -0.771. The van der Waals surface area contributed by atoms with Gasteiger partial charge in [0.25, 0.3) is 0 Å². The van der Waals surface area contributed by atoms with E-state index in [1.807, 2.05) is 6.92 Å². The molecule has 0 amide bonds. The van der Waals surface area contributed by atoms with Gasteiger partial charge < -0.3 is 5.32 Å². The highest BCUT2D eigenvalue weighted by Gasteiger charge is 2.57. The van der Waals surface area contributed by atoms with Crippen LogP contribution in [0, 0.1) is 13.8 Å². The Labute approximate surface area is 159 Å².